The van der Waals surface area contributed by atoms with Crippen molar-refractivity contribution in [2.45, 2.75) is 6.10 Å². The van der Waals surface area contributed by atoms with Crippen molar-refractivity contribution < 1.29 is 9.90 Å². The lowest BCUT2D eigenvalue weighted by molar-refractivity contribution is -0.109. The van der Waals surface area contributed by atoms with E-state index in [0.717, 1.165) is 0 Å². The highest BCUT2D eigenvalue weighted by atomic mass is 16.3. The molecule has 0 unspecified atom stereocenters. The summed E-state index contributed by atoms with van der Waals surface area (Å²) in [4.78, 5) is 19.0. The average Bonchev–Trinajstić information content (AvgIpc) is 1.85. The molecule has 0 aromatic rings. The van der Waals surface area contributed by atoms with Crippen molar-refractivity contribution in [1.82, 2.24) is 5.32 Å². The molecular formula is C4H8N2O3. The summed E-state index contributed by atoms with van der Waals surface area (Å²) < 4.78 is 0. The number of hydrogen-bond acceptors (Lipinski definition) is 4. The topological polar surface area (TPSA) is 78.8 Å². The van der Waals surface area contributed by atoms with Gasteiger partial charge < -0.3 is 10.4 Å². The van der Waals surface area contributed by atoms with Crippen molar-refractivity contribution in [3.05, 3.63) is 4.91 Å². The molecule has 1 amide bonds. The first kappa shape index (κ1) is 8.03. The summed E-state index contributed by atoms with van der Waals surface area (Å²) in [6.07, 6.45) is -0.402. The van der Waals surface area contributed by atoms with Gasteiger partial charge in [-0.05, 0) is 0 Å². The van der Waals surface area contributed by atoms with Gasteiger partial charge in [-0.15, -0.1) is 0 Å². The predicted molar refractivity (Wildman–Crippen MR) is 30.7 cm³/mol. The number of amides is 1. The van der Waals surface area contributed by atoms with Gasteiger partial charge in [-0.25, -0.2) is 0 Å². The van der Waals surface area contributed by atoms with E-state index in [2.05, 4.69) is 10.5 Å². The minimum absolute atomic E-state index is 0.0786. The second kappa shape index (κ2) is 5.17. The summed E-state index contributed by atoms with van der Waals surface area (Å²) in [5.41, 5.74) is 0. The first-order valence-corrected chi connectivity index (χ1v) is 2.45. The molecule has 2 N–H and O–H groups in total. The number of hydrogen-bond donors (Lipinski definition) is 2. The van der Waals surface area contributed by atoms with E-state index in [1.165, 1.54) is 0 Å². The first-order chi connectivity index (χ1) is 4.31. The Morgan fingerprint density at radius 3 is 2.89 bits per heavy atom. The van der Waals surface area contributed by atoms with Crippen molar-refractivity contribution in [3.63, 3.8) is 0 Å². The zero-order valence-corrected chi connectivity index (χ0v) is 4.78. The van der Waals surface area contributed by atoms with E-state index in [9.17, 15) is 9.70 Å². The fraction of sp³-hybridized carbons (Fsp3) is 0.750. The molecule has 9 heavy (non-hydrogen) atoms. The van der Waals surface area contributed by atoms with E-state index in [0.29, 0.717) is 6.41 Å². The van der Waals surface area contributed by atoms with Crippen LogP contribution < -0.4 is 5.32 Å². The molecule has 5 heteroatoms. The molecule has 0 aliphatic carbocycles. The van der Waals surface area contributed by atoms with Gasteiger partial charge in [-0.3, -0.25) is 4.79 Å². The molecule has 0 heterocycles. The smallest absolute Gasteiger partial charge is 0.207 e. The molecular weight excluding hydrogens is 124 g/mol. The Hall–Kier alpha value is -0.970. The minimum atomic E-state index is -0.854. The van der Waals surface area contributed by atoms with Crippen LogP contribution >= 0.6 is 0 Å². The standard InChI is InChI=1S/C4H8N2O3/c7-3-5-1-4(8)2-6-9/h3-4,8H,1-2H2,(H,5,7)/t4-/m0/s1. The summed E-state index contributed by atoms with van der Waals surface area (Å²) in [6.45, 7) is -0.101. The van der Waals surface area contributed by atoms with Gasteiger partial charge >= 0.3 is 0 Å². The monoisotopic (exact) mass is 132 g/mol. The molecule has 5 nitrogen and oxygen atoms in total. The number of nitroso groups, excluding NO2 is 1. The maximum atomic E-state index is 9.58. The highest BCUT2D eigenvalue weighted by molar-refractivity contribution is 5.45. The van der Waals surface area contributed by atoms with Crippen LogP contribution in [0.5, 0.6) is 0 Å². The number of aliphatic hydroxyl groups excluding tert-OH is 1. The van der Waals surface area contributed by atoms with Gasteiger partial charge in [0.1, 0.15) is 6.54 Å². The molecule has 0 saturated heterocycles. The van der Waals surface area contributed by atoms with E-state index >= 15 is 0 Å². The maximum absolute atomic E-state index is 9.58. The first-order valence-electron chi connectivity index (χ1n) is 2.45. The third-order valence-electron chi connectivity index (χ3n) is 0.722. The van der Waals surface area contributed by atoms with Crippen LogP contribution in [-0.2, 0) is 4.79 Å². The Bertz CT molecular complexity index is 95.8. The van der Waals surface area contributed by atoms with Crippen LogP contribution in [0.1, 0.15) is 0 Å². The van der Waals surface area contributed by atoms with Gasteiger partial charge in [0, 0.05) is 6.54 Å². The zero-order valence-electron chi connectivity index (χ0n) is 4.78. The van der Waals surface area contributed by atoms with E-state index in [1.54, 1.807) is 0 Å². The van der Waals surface area contributed by atoms with Crippen LogP contribution in [0.4, 0.5) is 0 Å². The molecule has 0 fully saturated rings. The highest BCUT2D eigenvalue weighted by Crippen LogP contribution is 1.78. The second-order valence-electron chi connectivity index (χ2n) is 1.49. The van der Waals surface area contributed by atoms with Gasteiger partial charge in [0.05, 0.1) is 6.10 Å². The van der Waals surface area contributed by atoms with Crippen molar-refractivity contribution in [1.29, 1.82) is 0 Å². The molecule has 0 aliphatic rings. The fourth-order valence-corrected chi connectivity index (χ4v) is 0.335. The molecule has 0 aromatic carbocycles. The summed E-state index contributed by atoms with van der Waals surface area (Å²) >= 11 is 0. The Morgan fingerprint density at radius 2 is 2.44 bits per heavy atom. The molecule has 0 spiro atoms. The van der Waals surface area contributed by atoms with Crippen molar-refractivity contribution in [2.75, 3.05) is 13.1 Å². The molecule has 0 aromatic heterocycles. The number of carbonyl (C=O) groups is 1. The van der Waals surface area contributed by atoms with Crippen molar-refractivity contribution in [2.24, 2.45) is 5.18 Å². The maximum Gasteiger partial charge on any atom is 0.207 e. The normalized spacial score (nSPS) is 12.1. The quantitative estimate of drug-likeness (QED) is 0.366. The van der Waals surface area contributed by atoms with Crippen LogP contribution in [-0.4, -0.2) is 30.7 Å². The zero-order chi connectivity index (χ0) is 7.11. The highest BCUT2D eigenvalue weighted by Gasteiger charge is 2.00. The van der Waals surface area contributed by atoms with Gasteiger partial charge in [-0.2, -0.15) is 4.91 Å². The lowest BCUT2D eigenvalue weighted by Crippen LogP contribution is -2.27. The molecule has 52 valence electrons. The van der Waals surface area contributed by atoms with E-state index in [-0.39, 0.29) is 13.1 Å². The van der Waals surface area contributed by atoms with Gasteiger partial charge in [-0.1, -0.05) is 5.18 Å². The van der Waals surface area contributed by atoms with E-state index < -0.39 is 6.10 Å². The number of nitrogens with one attached hydrogen (secondary N) is 1. The fourth-order valence-electron chi connectivity index (χ4n) is 0.335. The van der Waals surface area contributed by atoms with Crippen LogP contribution in [0, 0.1) is 4.91 Å². The Balaban J connectivity index is 3.14. The largest absolute Gasteiger partial charge is 0.389 e. The summed E-state index contributed by atoms with van der Waals surface area (Å²) in [5, 5.41) is 13.3. The second-order valence-corrected chi connectivity index (χ2v) is 1.49. The van der Waals surface area contributed by atoms with Crippen LogP contribution in [0.2, 0.25) is 0 Å². The van der Waals surface area contributed by atoms with E-state index in [4.69, 9.17) is 5.11 Å². The van der Waals surface area contributed by atoms with Crippen LogP contribution in [0.15, 0.2) is 5.18 Å². The SMILES string of the molecule is O=CNC[C@H](O)CN=O. The number of nitrogens with zero attached hydrogens (tertiary/aromatic N) is 1. The molecule has 1 atom stereocenters. The Kier molecular flexibility index (Phi) is 4.61. The lowest BCUT2D eigenvalue weighted by Gasteiger charge is -2.02. The summed E-state index contributed by atoms with van der Waals surface area (Å²) in [6, 6.07) is 0. The molecule has 0 radical (unpaired) electrons. The summed E-state index contributed by atoms with van der Waals surface area (Å²) in [5.74, 6) is 0. The lowest BCUT2D eigenvalue weighted by atomic mass is 10.4. The van der Waals surface area contributed by atoms with Gasteiger partial charge in [0.15, 0.2) is 0 Å². The third-order valence-corrected chi connectivity index (χ3v) is 0.722. The number of carbonyl (C=O) groups excluding carboxylic acids is 1. The van der Waals surface area contributed by atoms with Crippen molar-refractivity contribution in [3.8, 4) is 0 Å². The summed E-state index contributed by atoms with van der Waals surface area (Å²) in [7, 11) is 0. The van der Waals surface area contributed by atoms with Crippen molar-refractivity contribution >= 4 is 6.41 Å². The predicted octanol–water partition coefficient (Wildman–Crippen LogP) is -1.14. The van der Waals surface area contributed by atoms with Crippen LogP contribution in [0.3, 0.4) is 0 Å². The minimum Gasteiger partial charge on any atom is -0.389 e. The molecule has 0 saturated carbocycles. The van der Waals surface area contributed by atoms with Gasteiger partial charge in [0.25, 0.3) is 0 Å². The average molecular weight is 132 g/mol. The Labute approximate surface area is 52.0 Å². The molecule has 0 aliphatic heterocycles. The third kappa shape index (κ3) is 4.89. The van der Waals surface area contributed by atoms with Gasteiger partial charge in [0.2, 0.25) is 6.41 Å². The Morgan fingerprint density at radius 1 is 1.78 bits per heavy atom. The van der Waals surface area contributed by atoms with Crippen LogP contribution in [0.25, 0.3) is 0 Å². The molecule has 0 rings (SSSR count). The number of rotatable bonds is 5. The van der Waals surface area contributed by atoms with E-state index in [1.807, 2.05) is 0 Å². The number of aliphatic hydroxyl groups is 1. The molecule has 0 bridgehead atoms.